The number of nitrogens with one attached hydrogen (secondary N) is 2. The summed E-state index contributed by atoms with van der Waals surface area (Å²) in [5.74, 6) is 1.99. The van der Waals surface area contributed by atoms with E-state index in [1.807, 2.05) is 19.1 Å². The molecule has 2 aromatic heterocycles. The summed E-state index contributed by atoms with van der Waals surface area (Å²) >= 11 is 0. The Bertz CT molecular complexity index is 865. The third kappa shape index (κ3) is 3.38. The van der Waals surface area contributed by atoms with Gasteiger partial charge in [0.25, 0.3) is 0 Å². The van der Waals surface area contributed by atoms with Crippen LogP contribution in [0.5, 0.6) is 5.75 Å². The van der Waals surface area contributed by atoms with E-state index in [-0.39, 0.29) is 0 Å². The second kappa shape index (κ2) is 6.63. The number of hydrogen-bond donors (Lipinski definition) is 3. The van der Waals surface area contributed by atoms with Crippen molar-refractivity contribution in [2.75, 3.05) is 29.9 Å². The average molecular weight is 337 g/mol. The molecule has 0 bridgehead atoms. The Morgan fingerprint density at radius 3 is 2.68 bits per heavy atom. The molecular weight excluding hydrogens is 314 g/mol. The van der Waals surface area contributed by atoms with Gasteiger partial charge in [-0.15, -0.1) is 0 Å². The monoisotopic (exact) mass is 337 g/mol. The van der Waals surface area contributed by atoms with Crippen molar-refractivity contribution in [3.05, 3.63) is 41.6 Å². The first-order valence-electron chi connectivity index (χ1n) is 8.83. The van der Waals surface area contributed by atoms with E-state index in [2.05, 4.69) is 21.3 Å². The molecule has 1 aliphatic rings. The highest BCUT2D eigenvalue weighted by atomic mass is 16.3. The van der Waals surface area contributed by atoms with Gasteiger partial charge >= 0.3 is 0 Å². The van der Waals surface area contributed by atoms with Crippen molar-refractivity contribution >= 4 is 22.8 Å². The number of phenols is 1. The molecule has 4 rings (SSSR count). The minimum Gasteiger partial charge on any atom is -0.508 e. The number of rotatable bonds is 5. The average Bonchev–Trinajstić information content (AvgIpc) is 3.25. The fourth-order valence-electron chi connectivity index (χ4n) is 3.31. The Kier molecular flexibility index (Phi) is 4.17. The molecule has 6 heteroatoms. The quantitative estimate of drug-likeness (QED) is 0.666. The highest BCUT2D eigenvalue weighted by Gasteiger charge is 2.18. The number of benzene rings is 1. The Morgan fingerprint density at radius 1 is 1.16 bits per heavy atom. The lowest BCUT2D eigenvalue weighted by molar-refractivity contribution is 0.475. The van der Waals surface area contributed by atoms with Gasteiger partial charge in [0.1, 0.15) is 17.2 Å². The van der Waals surface area contributed by atoms with Gasteiger partial charge in [0.05, 0.1) is 5.39 Å². The van der Waals surface area contributed by atoms with Crippen LogP contribution in [0.1, 0.15) is 24.1 Å². The van der Waals surface area contributed by atoms with Crippen LogP contribution >= 0.6 is 0 Å². The van der Waals surface area contributed by atoms with E-state index in [9.17, 15) is 5.11 Å². The molecule has 130 valence electrons. The molecule has 25 heavy (non-hydrogen) atoms. The third-order valence-corrected chi connectivity index (χ3v) is 4.64. The normalized spacial score (nSPS) is 14.4. The van der Waals surface area contributed by atoms with Crippen molar-refractivity contribution in [2.45, 2.75) is 26.2 Å². The maximum atomic E-state index is 9.37. The number of hydrogen-bond acceptors (Lipinski definition) is 5. The van der Waals surface area contributed by atoms with Gasteiger partial charge in [0.15, 0.2) is 0 Å². The minimum absolute atomic E-state index is 0.298. The molecule has 1 aliphatic heterocycles. The number of aromatic nitrogens is 3. The molecule has 3 heterocycles. The van der Waals surface area contributed by atoms with Gasteiger partial charge in [-0.1, -0.05) is 12.1 Å². The molecule has 0 saturated carbocycles. The number of phenolic OH excluding ortho intramolecular Hbond substituents is 1. The van der Waals surface area contributed by atoms with Crippen molar-refractivity contribution in [1.82, 2.24) is 15.0 Å². The van der Waals surface area contributed by atoms with E-state index < -0.39 is 0 Å². The molecule has 0 atom stereocenters. The van der Waals surface area contributed by atoms with Crippen LogP contribution < -0.4 is 10.2 Å². The zero-order valence-electron chi connectivity index (χ0n) is 14.4. The summed E-state index contributed by atoms with van der Waals surface area (Å²) in [6, 6.07) is 9.43. The van der Waals surface area contributed by atoms with Crippen LogP contribution in [0, 0.1) is 6.92 Å². The summed E-state index contributed by atoms with van der Waals surface area (Å²) in [5, 5.41) is 13.9. The molecular formula is C19H23N5O. The first-order chi connectivity index (χ1) is 12.2. The number of aromatic amines is 1. The number of H-pyrrole nitrogens is 1. The SMILES string of the molecule is Cc1cc2c(NCCc3ccc(O)cc3)nc(N3CCCC3)nc2[nH]1. The second-order valence-electron chi connectivity index (χ2n) is 6.62. The maximum absolute atomic E-state index is 9.37. The number of fused-ring (bicyclic) bond motifs is 1. The number of nitrogens with zero attached hydrogens (tertiary/aromatic N) is 3. The highest BCUT2D eigenvalue weighted by molar-refractivity contribution is 5.89. The lowest BCUT2D eigenvalue weighted by Gasteiger charge is -2.16. The van der Waals surface area contributed by atoms with Crippen molar-refractivity contribution in [3.63, 3.8) is 0 Å². The lowest BCUT2D eigenvalue weighted by atomic mass is 10.1. The molecule has 0 aliphatic carbocycles. The molecule has 6 nitrogen and oxygen atoms in total. The minimum atomic E-state index is 0.298. The molecule has 1 fully saturated rings. The first-order valence-corrected chi connectivity index (χ1v) is 8.83. The largest absolute Gasteiger partial charge is 0.508 e. The highest BCUT2D eigenvalue weighted by Crippen LogP contribution is 2.26. The van der Waals surface area contributed by atoms with Crippen LogP contribution in [-0.2, 0) is 6.42 Å². The Balaban J connectivity index is 1.55. The predicted octanol–water partition coefficient (Wildman–Crippen LogP) is 3.23. The zero-order valence-corrected chi connectivity index (χ0v) is 14.4. The summed E-state index contributed by atoms with van der Waals surface area (Å²) in [7, 11) is 0. The van der Waals surface area contributed by atoms with E-state index >= 15 is 0 Å². The van der Waals surface area contributed by atoms with Gasteiger partial charge in [0, 0.05) is 25.3 Å². The molecule has 1 aromatic carbocycles. The van der Waals surface area contributed by atoms with Crippen LogP contribution in [0.25, 0.3) is 11.0 Å². The van der Waals surface area contributed by atoms with Crippen molar-refractivity contribution in [1.29, 1.82) is 0 Å². The van der Waals surface area contributed by atoms with E-state index in [1.165, 1.54) is 18.4 Å². The summed E-state index contributed by atoms with van der Waals surface area (Å²) < 4.78 is 0. The van der Waals surface area contributed by atoms with E-state index in [0.29, 0.717) is 5.75 Å². The maximum Gasteiger partial charge on any atom is 0.229 e. The molecule has 0 amide bonds. The number of anilines is 2. The van der Waals surface area contributed by atoms with Crippen LogP contribution in [0.3, 0.4) is 0 Å². The standard InChI is InChI=1S/C19H23N5O/c1-13-12-16-17(20-9-8-14-4-6-15(25)7-5-14)22-19(23-18(16)21-13)24-10-2-3-11-24/h4-7,12,25H,2-3,8-11H2,1H3,(H2,20,21,22,23). The molecule has 0 radical (unpaired) electrons. The smallest absolute Gasteiger partial charge is 0.229 e. The summed E-state index contributed by atoms with van der Waals surface area (Å²) in [4.78, 5) is 15.1. The fraction of sp³-hybridized carbons (Fsp3) is 0.368. The van der Waals surface area contributed by atoms with Gasteiger partial charge in [-0.2, -0.15) is 9.97 Å². The topological polar surface area (TPSA) is 77.1 Å². The fourth-order valence-corrected chi connectivity index (χ4v) is 3.31. The first kappa shape index (κ1) is 15.7. The third-order valence-electron chi connectivity index (χ3n) is 4.64. The number of aryl methyl sites for hydroxylation is 1. The molecule has 1 saturated heterocycles. The lowest BCUT2D eigenvalue weighted by Crippen LogP contribution is -2.21. The summed E-state index contributed by atoms with van der Waals surface area (Å²) in [6.07, 6.45) is 3.28. The molecule has 3 N–H and O–H groups in total. The summed E-state index contributed by atoms with van der Waals surface area (Å²) in [5.41, 5.74) is 3.16. The molecule has 3 aromatic rings. The Morgan fingerprint density at radius 2 is 1.92 bits per heavy atom. The van der Waals surface area contributed by atoms with Crippen LogP contribution in [-0.4, -0.2) is 39.7 Å². The predicted molar refractivity (Wildman–Crippen MR) is 100 cm³/mol. The van der Waals surface area contributed by atoms with Crippen molar-refractivity contribution < 1.29 is 5.11 Å². The van der Waals surface area contributed by atoms with Gasteiger partial charge < -0.3 is 20.3 Å². The Labute approximate surface area is 146 Å². The van der Waals surface area contributed by atoms with Crippen LogP contribution in [0.2, 0.25) is 0 Å². The van der Waals surface area contributed by atoms with E-state index in [1.54, 1.807) is 12.1 Å². The Hall–Kier alpha value is -2.76. The summed E-state index contributed by atoms with van der Waals surface area (Å²) in [6.45, 7) is 4.87. The van der Waals surface area contributed by atoms with Crippen molar-refractivity contribution in [2.24, 2.45) is 0 Å². The molecule has 0 unspecified atom stereocenters. The van der Waals surface area contributed by atoms with Crippen LogP contribution in [0.4, 0.5) is 11.8 Å². The van der Waals surface area contributed by atoms with Gasteiger partial charge in [0.2, 0.25) is 5.95 Å². The molecule has 0 spiro atoms. The second-order valence-corrected chi connectivity index (χ2v) is 6.62. The van der Waals surface area contributed by atoms with Crippen molar-refractivity contribution in [3.8, 4) is 5.75 Å². The van der Waals surface area contributed by atoms with Gasteiger partial charge in [-0.05, 0) is 49.9 Å². The van der Waals surface area contributed by atoms with E-state index in [0.717, 1.165) is 54.5 Å². The van der Waals surface area contributed by atoms with Crippen LogP contribution in [0.15, 0.2) is 30.3 Å². The number of aromatic hydroxyl groups is 1. The van der Waals surface area contributed by atoms with Gasteiger partial charge in [-0.3, -0.25) is 0 Å². The van der Waals surface area contributed by atoms with E-state index in [4.69, 9.17) is 9.97 Å². The van der Waals surface area contributed by atoms with Gasteiger partial charge in [-0.25, -0.2) is 0 Å². The zero-order chi connectivity index (χ0) is 17.2.